The molecule has 1 nitrogen and oxygen atoms in total. The average Bonchev–Trinajstić information content (AvgIpc) is 2.59. The predicted molar refractivity (Wildman–Crippen MR) is 99.3 cm³/mol. The molecule has 1 fully saturated rings. The highest BCUT2D eigenvalue weighted by Crippen LogP contribution is 2.33. The molecule has 0 aliphatic heterocycles. The van der Waals surface area contributed by atoms with Crippen molar-refractivity contribution < 1.29 is 4.74 Å². The third kappa shape index (κ3) is 6.73. The molecule has 0 atom stereocenters. The standard InChI is InChI=1S/C20H31BrO/c21-16-8-3-1-2-4-9-17-22-20-14-12-19(13-15-20)18-10-6-5-7-11-18/h12-15,18H,1-11,16-17H2. The average molecular weight is 367 g/mol. The molecule has 0 saturated heterocycles. The van der Waals surface area contributed by atoms with Crippen molar-refractivity contribution >= 4 is 15.9 Å². The lowest BCUT2D eigenvalue weighted by Crippen LogP contribution is -2.04. The Morgan fingerprint density at radius 2 is 1.45 bits per heavy atom. The van der Waals surface area contributed by atoms with Crippen molar-refractivity contribution in [3.63, 3.8) is 0 Å². The van der Waals surface area contributed by atoms with Crippen LogP contribution in [0.25, 0.3) is 0 Å². The van der Waals surface area contributed by atoms with Gasteiger partial charge < -0.3 is 4.74 Å². The van der Waals surface area contributed by atoms with Gasteiger partial charge in [0.1, 0.15) is 5.75 Å². The largest absolute Gasteiger partial charge is 0.494 e. The van der Waals surface area contributed by atoms with Crippen LogP contribution in [0.4, 0.5) is 0 Å². The SMILES string of the molecule is BrCCCCCCCCOc1ccc(C2CCCCC2)cc1. The molecule has 2 heteroatoms. The van der Waals surface area contributed by atoms with E-state index in [0.717, 1.165) is 23.6 Å². The summed E-state index contributed by atoms with van der Waals surface area (Å²) in [6.07, 6.45) is 14.8. The van der Waals surface area contributed by atoms with Crippen molar-refractivity contribution in [3.05, 3.63) is 29.8 Å². The van der Waals surface area contributed by atoms with E-state index in [1.807, 2.05) is 0 Å². The fourth-order valence-corrected chi connectivity index (χ4v) is 3.76. The van der Waals surface area contributed by atoms with Crippen LogP contribution in [0, 0.1) is 0 Å². The molecule has 0 heterocycles. The number of alkyl halides is 1. The fourth-order valence-electron chi connectivity index (χ4n) is 3.37. The lowest BCUT2D eigenvalue weighted by Gasteiger charge is -2.22. The van der Waals surface area contributed by atoms with Crippen molar-refractivity contribution in [2.45, 2.75) is 76.5 Å². The van der Waals surface area contributed by atoms with Gasteiger partial charge in [0.15, 0.2) is 0 Å². The van der Waals surface area contributed by atoms with Gasteiger partial charge >= 0.3 is 0 Å². The van der Waals surface area contributed by atoms with Crippen LogP contribution in [0.2, 0.25) is 0 Å². The molecule has 0 N–H and O–H groups in total. The van der Waals surface area contributed by atoms with Gasteiger partial charge in [0.2, 0.25) is 0 Å². The highest BCUT2D eigenvalue weighted by Gasteiger charge is 2.15. The number of benzene rings is 1. The summed E-state index contributed by atoms with van der Waals surface area (Å²) < 4.78 is 5.87. The number of halogens is 1. The first-order chi connectivity index (χ1) is 10.9. The third-order valence-corrected chi connectivity index (χ3v) is 5.31. The minimum atomic E-state index is 0.794. The van der Waals surface area contributed by atoms with Crippen LogP contribution in [0.1, 0.15) is 82.1 Å². The summed E-state index contributed by atoms with van der Waals surface area (Å²) in [5.74, 6) is 1.83. The van der Waals surface area contributed by atoms with Gasteiger partial charge in [-0.3, -0.25) is 0 Å². The van der Waals surface area contributed by atoms with E-state index < -0.39 is 0 Å². The van der Waals surface area contributed by atoms with Gasteiger partial charge in [0, 0.05) is 5.33 Å². The maximum atomic E-state index is 5.87. The summed E-state index contributed by atoms with van der Waals surface area (Å²) in [5.41, 5.74) is 1.51. The first-order valence-corrected chi connectivity index (χ1v) is 10.3. The number of ether oxygens (including phenoxy) is 1. The second-order valence-corrected chi connectivity index (χ2v) is 7.36. The third-order valence-electron chi connectivity index (χ3n) is 4.75. The fraction of sp³-hybridized carbons (Fsp3) is 0.700. The van der Waals surface area contributed by atoms with E-state index in [9.17, 15) is 0 Å². The Balaban J connectivity index is 1.58. The smallest absolute Gasteiger partial charge is 0.119 e. The van der Waals surface area contributed by atoms with E-state index >= 15 is 0 Å². The maximum Gasteiger partial charge on any atom is 0.119 e. The molecular weight excluding hydrogens is 336 g/mol. The summed E-state index contributed by atoms with van der Waals surface area (Å²) in [5, 5.41) is 1.15. The molecule has 22 heavy (non-hydrogen) atoms. The van der Waals surface area contributed by atoms with Crippen LogP contribution >= 0.6 is 15.9 Å². The Morgan fingerprint density at radius 3 is 2.14 bits per heavy atom. The number of unbranched alkanes of at least 4 members (excludes halogenated alkanes) is 5. The molecule has 1 saturated carbocycles. The molecule has 0 aromatic heterocycles. The minimum absolute atomic E-state index is 0.794. The summed E-state index contributed by atoms with van der Waals surface area (Å²) in [6.45, 7) is 0.862. The zero-order valence-electron chi connectivity index (χ0n) is 13.9. The van der Waals surface area contributed by atoms with Gasteiger partial charge in [-0.1, -0.05) is 73.0 Å². The second kappa shape index (κ2) is 11.1. The molecule has 1 aliphatic carbocycles. The van der Waals surface area contributed by atoms with Crippen LogP contribution in [0.5, 0.6) is 5.75 Å². The van der Waals surface area contributed by atoms with Crippen molar-refractivity contribution in [2.75, 3.05) is 11.9 Å². The normalized spacial score (nSPS) is 15.9. The summed E-state index contributed by atoms with van der Waals surface area (Å²) >= 11 is 3.48. The van der Waals surface area contributed by atoms with E-state index in [2.05, 4.69) is 40.2 Å². The Bertz CT molecular complexity index is 381. The molecule has 0 spiro atoms. The van der Waals surface area contributed by atoms with Gasteiger partial charge in [0.25, 0.3) is 0 Å². The van der Waals surface area contributed by atoms with E-state index in [-0.39, 0.29) is 0 Å². The van der Waals surface area contributed by atoms with Gasteiger partial charge in [0.05, 0.1) is 6.61 Å². The maximum absolute atomic E-state index is 5.87. The highest BCUT2D eigenvalue weighted by molar-refractivity contribution is 9.09. The number of hydrogen-bond donors (Lipinski definition) is 0. The summed E-state index contributed by atoms with van der Waals surface area (Å²) in [6, 6.07) is 8.90. The Kier molecular flexibility index (Phi) is 9.01. The first kappa shape index (κ1) is 17.8. The van der Waals surface area contributed by atoms with Crippen LogP contribution < -0.4 is 4.74 Å². The van der Waals surface area contributed by atoms with Crippen molar-refractivity contribution in [1.29, 1.82) is 0 Å². The number of rotatable bonds is 10. The molecule has 1 aliphatic rings. The molecule has 0 unspecified atom stereocenters. The van der Waals surface area contributed by atoms with Crippen LogP contribution in [-0.4, -0.2) is 11.9 Å². The van der Waals surface area contributed by atoms with Crippen molar-refractivity contribution in [2.24, 2.45) is 0 Å². The van der Waals surface area contributed by atoms with Gasteiger partial charge in [-0.2, -0.15) is 0 Å². The first-order valence-electron chi connectivity index (χ1n) is 9.19. The molecule has 0 bridgehead atoms. The van der Waals surface area contributed by atoms with Gasteiger partial charge in [-0.15, -0.1) is 0 Å². The highest BCUT2D eigenvalue weighted by atomic mass is 79.9. The monoisotopic (exact) mass is 366 g/mol. The number of hydrogen-bond acceptors (Lipinski definition) is 1. The van der Waals surface area contributed by atoms with Crippen LogP contribution in [0.3, 0.4) is 0 Å². The zero-order valence-corrected chi connectivity index (χ0v) is 15.5. The zero-order chi connectivity index (χ0) is 15.5. The molecule has 124 valence electrons. The van der Waals surface area contributed by atoms with E-state index in [1.165, 1.54) is 76.2 Å². The van der Waals surface area contributed by atoms with Crippen LogP contribution in [0.15, 0.2) is 24.3 Å². The molecule has 1 aromatic carbocycles. The molecule has 1 aromatic rings. The molecule has 2 rings (SSSR count). The van der Waals surface area contributed by atoms with Crippen LogP contribution in [-0.2, 0) is 0 Å². The lowest BCUT2D eigenvalue weighted by atomic mass is 9.84. The summed E-state index contributed by atoms with van der Waals surface area (Å²) in [7, 11) is 0. The van der Waals surface area contributed by atoms with Crippen molar-refractivity contribution in [3.8, 4) is 5.75 Å². The molecule has 0 radical (unpaired) electrons. The topological polar surface area (TPSA) is 9.23 Å². The van der Waals surface area contributed by atoms with Gasteiger partial charge in [-0.05, 0) is 49.3 Å². The van der Waals surface area contributed by atoms with E-state index in [4.69, 9.17) is 4.74 Å². The summed E-state index contributed by atoms with van der Waals surface area (Å²) in [4.78, 5) is 0. The minimum Gasteiger partial charge on any atom is -0.494 e. The quantitative estimate of drug-likeness (QED) is 0.325. The van der Waals surface area contributed by atoms with Gasteiger partial charge in [-0.25, -0.2) is 0 Å². The van der Waals surface area contributed by atoms with E-state index in [0.29, 0.717) is 0 Å². The Labute approximate surface area is 145 Å². The second-order valence-electron chi connectivity index (χ2n) is 6.56. The predicted octanol–water partition coefficient (Wildman–Crippen LogP) is 6.85. The molecule has 0 amide bonds. The lowest BCUT2D eigenvalue weighted by molar-refractivity contribution is 0.304. The van der Waals surface area contributed by atoms with Crippen molar-refractivity contribution in [1.82, 2.24) is 0 Å². The Hall–Kier alpha value is -0.500. The van der Waals surface area contributed by atoms with E-state index in [1.54, 1.807) is 0 Å². The molecular formula is C20H31BrO. The Morgan fingerprint density at radius 1 is 0.818 bits per heavy atom.